The number of rotatable bonds is 9. The smallest absolute Gasteiger partial charge is 0.326 e. The molecule has 174 valence electrons. The van der Waals surface area contributed by atoms with Gasteiger partial charge in [-0.25, -0.2) is 4.39 Å². The summed E-state index contributed by atoms with van der Waals surface area (Å²) in [5.41, 5.74) is 0.969. The Morgan fingerprint density at radius 1 is 1.15 bits per heavy atom. The largest absolute Gasteiger partial charge is 0.490 e. The zero-order valence-corrected chi connectivity index (χ0v) is 20.3. The number of amides is 2. The molecule has 0 aliphatic carbocycles. The van der Waals surface area contributed by atoms with Gasteiger partial charge in [0.2, 0.25) is 0 Å². The van der Waals surface area contributed by atoms with Gasteiger partial charge in [-0.2, -0.15) is 0 Å². The Balaban J connectivity index is 1.83. The molecule has 10 heteroatoms. The number of benzene rings is 2. The Morgan fingerprint density at radius 3 is 2.61 bits per heavy atom. The second-order valence-electron chi connectivity index (χ2n) is 6.72. The molecule has 0 unspecified atom stereocenters. The summed E-state index contributed by atoms with van der Waals surface area (Å²) in [4.78, 5) is 37.5. The van der Waals surface area contributed by atoms with Crippen LogP contribution in [0.5, 0.6) is 11.5 Å². The van der Waals surface area contributed by atoms with E-state index in [1.165, 1.54) is 12.1 Å². The highest BCUT2D eigenvalue weighted by Gasteiger charge is 2.36. The summed E-state index contributed by atoms with van der Waals surface area (Å²) in [5.74, 6) is -0.833. The van der Waals surface area contributed by atoms with Gasteiger partial charge in [0.15, 0.2) is 11.5 Å². The van der Waals surface area contributed by atoms with Gasteiger partial charge < -0.3 is 14.2 Å². The maximum atomic E-state index is 13.9. The first-order valence-electron chi connectivity index (χ1n) is 10.1. The lowest BCUT2D eigenvalue weighted by molar-refractivity contribution is -0.145. The van der Waals surface area contributed by atoms with E-state index in [1.54, 1.807) is 37.3 Å². The van der Waals surface area contributed by atoms with Crippen molar-refractivity contribution in [2.24, 2.45) is 0 Å². The third kappa shape index (κ3) is 6.14. The lowest BCUT2D eigenvalue weighted by Crippen LogP contribution is -2.34. The molecule has 0 saturated carbocycles. The van der Waals surface area contributed by atoms with E-state index in [0.29, 0.717) is 33.7 Å². The van der Waals surface area contributed by atoms with Crippen LogP contribution in [0.15, 0.2) is 45.8 Å². The quantitative estimate of drug-likeness (QED) is 0.322. The van der Waals surface area contributed by atoms with E-state index < -0.39 is 23.7 Å². The number of imide groups is 1. The number of hydrogen-bond acceptors (Lipinski definition) is 7. The number of esters is 1. The van der Waals surface area contributed by atoms with Crippen molar-refractivity contribution in [3.63, 3.8) is 0 Å². The molecule has 0 aromatic heterocycles. The Hall–Kier alpha value is -2.85. The van der Waals surface area contributed by atoms with Gasteiger partial charge in [0, 0.05) is 5.56 Å². The molecule has 2 aromatic rings. The zero-order chi connectivity index (χ0) is 24.0. The summed E-state index contributed by atoms with van der Waals surface area (Å²) in [5, 5.41) is -0.548. The van der Waals surface area contributed by atoms with Crippen LogP contribution in [0.2, 0.25) is 0 Å². The summed E-state index contributed by atoms with van der Waals surface area (Å²) in [6.07, 6.45) is 1.53. The van der Waals surface area contributed by atoms with E-state index >= 15 is 0 Å². The van der Waals surface area contributed by atoms with Crippen molar-refractivity contribution in [3.05, 3.63) is 62.7 Å². The van der Waals surface area contributed by atoms with Crippen LogP contribution in [0, 0.1) is 5.82 Å². The number of thioether (sulfide) groups is 1. The van der Waals surface area contributed by atoms with Crippen LogP contribution in [-0.4, -0.2) is 41.8 Å². The summed E-state index contributed by atoms with van der Waals surface area (Å²) in [7, 11) is 0. The monoisotopic (exact) mass is 537 g/mol. The van der Waals surface area contributed by atoms with Crippen LogP contribution in [-0.2, 0) is 20.9 Å². The Morgan fingerprint density at radius 2 is 1.91 bits per heavy atom. The number of hydrogen-bond donors (Lipinski definition) is 0. The molecule has 0 bridgehead atoms. The topological polar surface area (TPSA) is 82.1 Å². The van der Waals surface area contributed by atoms with Gasteiger partial charge in [-0.05, 0) is 71.4 Å². The van der Waals surface area contributed by atoms with E-state index in [1.807, 2.05) is 6.92 Å². The average Bonchev–Trinajstić information content (AvgIpc) is 3.02. The van der Waals surface area contributed by atoms with Crippen molar-refractivity contribution < 1.29 is 33.0 Å². The van der Waals surface area contributed by atoms with E-state index in [0.717, 1.165) is 16.7 Å². The van der Waals surface area contributed by atoms with Gasteiger partial charge in [0.05, 0.1) is 22.6 Å². The molecule has 0 N–H and O–H groups in total. The number of ether oxygens (including phenoxy) is 3. The fourth-order valence-corrected chi connectivity index (χ4v) is 4.38. The van der Waals surface area contributed by atoms with Crippen molar-refractivity contribution in [3.8, 4) is 11.5 Å². The first-order valence-corrected chi connectivity index (χ1v) is 11.7. The number of nitrogens with zero attached hydrogens (tertiary/aromatic N) is 1. The van der Waals surface area contributed by atoms with Gasteiger partial charge in [0.25, 0.3) is 11.1 Å². The molecule has 7 nitrogen and oxygen atoms in total. The number of carbonyl (C=O) groups is 3. The predicted octanol–water partition coefficient (Wildman–Crippen LogP) is 5.17. The van der Waals surface area contributed by atoms with Gasteiger partial charge in [-0.1, -0.05) is 18.2 Å². The van der Waals surface area contributed by atoms with Crippen molar-refractivity contribution in [2.75, 3.05) is 19.8 Å². The van der Waals surface area contributed by atoms with Crippen LogP contribution in [0.3, 0.4) is 0 Å². The highest BCUT2D eigenvalue weighted by atomic mass is 79.9. The molecule has 1 heterocycles. The maximum Gasteiger partial charge on any atom is 0.326 e. The van der Waals surface area contributed by atoms with E-state index in [-0.39, 0.29) is 23.9 Å². The summed E-state index contributed by atoms with van der Waals surface area (Å²) >= 11 is 4.18. The molecule has 1 aliphatic heterocycles. The van der Waals surface area contributed by atoms with Gasteiger partial charge in [0.1, 0.15) is 19.0 Å². The van der Waals surface area contributed by atoms with Crippen LogP contribution in [0.1, 0.15) is 25.0 Å². The molecule has 0 atom stereocenters. The summed E-state index contributed by atoms with van der Waals surface area (Å²) in [6, 6.07) is 9.66. The molecule has 33 heavy (non-hydrogen) atoms. The lowest BCUT2D eigenvalue weighted by atomic mass is 10.1. The Kier molecular flexibility index (Phi) is 8.51. The van der Waals surface area contributed by atoms with Gasteiger partial charge in [-0.3, -0.25) is 19.3 Å². The minimum Gasteiger partial charge on any atom is -0.490 e. The molecular formula is C23H21BrFNO6S. The van der Waals surface area contributed by atoms with Crippen molar-refractivity contribution in [2.45, 2.75) is 20.5 Å². The van der Waals surface area contributed by atoms with Crippen LogP contribution in [0.25, 0.3) is 6.08 Å². The Bertz CT molecular complexity index is 1110. The molecule has 1 saturated heterocycles. The minimum absolute atomic E-state index is 0.00254. The normalized spacial score (nSPS) is 14.7. The highest BCUT2D eigenvalue weighted by molar-refractivity contribution is 9.10. The van der Waals surface area contributed by atoms with E-state index in [9.17, 15) is 18.8 Å². The zero-order valence-electron chi connectivity index (χ0n) is 17.9. The SMILES string of the molecule is CCOC(=O)CN1C(=O)S/C(=C\c2cc(Br)c(OCc3ccccc3F)c(OCC)c2)C1=O. The van der Waals surface area contributed by atoms with Crippen LogP contribution < -0.4 is 9.47 Å². The van der Waals surface area contributed by atoms with Crippen LogP contribution >= 0.6 is 27.7 Å². The number of carbonyl (C=O) groups excluding carboxylic acids is 3. The molecule has 3 rings (SSSR count). The van der Waals surface area contributed by atoms with Crippen molar-refractivity contribution in [1.29, 1.82) is 0 Å². The number of halogens is 2. The molecule has 0 spiro atoms. The van der Waals surface area contributed by atoms with Crippen molar-refractivity contribution in [1.82, 2.24) is 4.90 Å². The lowest BCUT2D eigenvalue weighted by Gasteiger charge is -2.15. The summed E-state index contributed by atoms with van der Waals surface area (Å²) in [6.45, 7) is 3.52. The van der Waals surface area contributed by atoms with Crippen LogP contribution in [0.4, 0.5) is 9.18 Å². The fraction of sp³-hybridized carbons (Fsp3) is 0.261. The average molecular weight is 538 g/mol. The summed E-state index contributed by atoms with van der Waals surface area (Å²) < 4.78 is 30.8. The molecule has 1 aliphatic rings. The maximum absolute atomic E-state index is 13.9. The first kappa shape index (κ1) is 24.8. The van der Waals surface area contributed by atoms with E-state index in [4.69, 9.17) is 14.2 Å². The minimum atomic E-state index is -0.654. The van der Waals surface area contributed by atoms with Crippen molar-refractivity contribution >= 4 is 50.9 Å². The second kappa shape index (κ2) is 11.3. The fourth-order valence-electron chi connectivity index (χ4n) is 2.96. The molecule has 2 aromatic carbocycles. The molecule has 1 fully saturated rings. The first-order chi connectivity index (χ1) is 15.8. The molecular weight excluding hydrogens is 517 g/mol. The highest BCUT2D eigenvalue weighted by Crippen LogP contribution is 2.39. The molecule has 0 radical (unpaired) electrons. The third-order valence-electron chi connectivity index (χ3n) is 4.43. The molecule has 2 amide bonds. The Labute approximate surface area is 203 Å². The van der Waals surface area contributed by atoms with Gasteiger partial charge in [-0.15, -0.1) is 0 Å². The van der Waals surface area contributed by atoms with E-state index in [2.05, 4.69) is 15.9 Å². The second-order valence-corrected chi connectivity index (χ2v) is 8.56. The van der Waals surface area contributed by atoms with Gasteiger partial charge >= 0.3 is 5.97 Å². The predicted molar refractivity (Wildman–Crippen MR) is 125 cm³/mol. The third-order valence-corrected chi connectivity index (χ3v) is 5.92. The standard InChI is InChI=1S/C23H21BrFNO6S/c1-3-30-18-10-14(9-16(24)21(18)32-13-15-7-5-6-8-17(15)25)11-19-22(28)26(23(29)33-19)12-20(27)31-4-2/h5-11H,3-4,12-13H2,1-2H3/b19-11-.